The Kier molecular flexibility index (Phi) is 4.25. The molecule has 3 heterocycles. The number of halogens is 1. The highest BCUT2D eigenvalue weighted by molar-refractivity contribution is 6.30. The van der Waals surface area contributed by atoms with Crippen LogP contribution in [0, 0.1) is 5.92 Å². The molecule has 7 heteroatoms. The minimum Gasteiger partial charge on any atom is -0.333 e. The SMILES string of the molecule is CC(C)Cn1cccc(-c2nc(-c3cncc(Cl)c3)no2)c1=O. The summed E-state index contributed by atoms with van der Waals surface area (Å²) < 4.78 is 6.88. The minimum atomic E-state index is -0.152. The predicted octanol–water partition coefficient (Wildman–Crippen LogP) is 3.27. The van der Waals surface area contributed by atoms with E-state index in [0.29, 0.717) is 34.4 Å². The summed E-state index contributed by atoms with van der Waals surface area (Å²) in [4.78, 5) is 20.8. The second kappa shape index (κ2) is 6.34. The van der Waals surface area contributed by atoms with E-state index in [0.717, 1.165) is 0 Å². The highest BCUT2D eigenvalue weighted by Gasteiger charge is 2.15. The molecule has 0 fully saturated rings. The smallest absolute Gasteiger partial charge is 0.263 e. The molecule has 3 aromatic rings. The summed E-state index contributed by atoms with van der Waals surface area (Å²) in [5.74, 6) is 0.885. The first kappa shape index (κ1) is 15.4. The van der Waals surface area contributed by atoms with Crippen LogP contribution in [0.3, 0.4) is 0 Å². The lowest BCUT2D eigenvalue weighted by molar-refractivity contribution is 0.430. The van der Waals surface area contributed by atoms with Crippen molar-refractivity contribution in [3.8, 4) is 22.8 Å². The zero-order valence-corrected chi connectivity index (χ0v) is 13.5. The highest BCUT2D eigenvalue weighted by atomic mass is 35.5. The Morgan fingerprint density at radius 1 is 1.35 bits per heavy atom. The fraction of sp³-hybridized carbons (Fsp3) is 0.250. The maximum absolute atomic E-state index is 12.5. The van der Waals surface area contributed by atoms with E-state index in [-0.39, 0.29) is 11.4 Å². The van der Waals surface area contributed by atoms with Crippen LogP contribution >= 0.6 is 11.6 Å². The Hall–Kier alpha value is -2.47. The molecule has 0 bridgehead atoms. The summed E-state index contributed by atoms with van der Waals surface area (Å²) in [6.07, 6.45) is 4.86. The molecule has 0 aliphatic rings. The van der Waals surface area contributed by atoms with Gasteiger partial charge in [0.1, 0.15) is 5.56 Å². The maximum atomic E-state index is 12.5. The number of hydrogen-bond acceptors (Lipinski definition) is 5. The van der Waals surface area contributed by atoms with Crippen molar-refractivity contribution >= 4 is 11.6 Å². The third-order valence-electron chi connectivity index (χ3n) is 3.20. The van der Waals surface area contributed by atoms with Crippen LogP contribution in [0.2, 0.25) is 5.02 Å². The first-order valence-electron chi connectivity index (χ1n) is 7.19. The second-order valence-corrected chi connectivity index (χ2v) is 6.02. The first-order chi connectivity index (χ1) is 11.0. The third-order valence-corrected chi connectivity index (χ3v) is 3.41. The Bertz CT molecular complexity index is 886. The van der Waals surface area contributed by atoms with Crippen molar-refractivity contribution in [2.24, 2.45) is 5.92 Å². The molecule has 118 valence electrons. The lowest BCUT2D eigenvalue weighted by Crippen LogP contribution is -2.23. The number of rotatable bonds is 4. The molecule has 0 radical (unpaired) electrons. The van der Waals surface area contributed by atoms with Crippen molar-refractivity contribution < 1.29 is 4.52 Å². The predicted molar refractivity (Wildman–Crippen MR) is 87.1 cm³/mol. The quantitative estimate of drug-likeness (QED) is 0.734. The average molecular weight is 331 g/mol. The van der Waals surface area contributed by atoms with Crippen LogP contribution in [-0.4, -0.2) is 19.7 Å². The topological polar surface area (TPSA) is 73.8 Å². The largest absolute Gasteiger partial charge is 0.333 e. The van der Waals surface area contributed by atoms with Gasteiger partial charge in [-0.2, -0.15) is 4.98 Å². The lowest BCUT2D eigenvalue weighted by Gasteiger charge is -2.08. The van der Waals surface area contributed by atoms with E-state index in [9.17, 15) is 4.79 Å². The highest BCUT2D eigenvalue weighted by Crippen LogP contribution is 2.21. The molecule has 0 saturated carbocycles. The van der Waals surface area contributed by atoms with Gasteiger partial charge in [0, 0.05) is 30.7 Å². The van der Waals surface area contributed by atoms with Crippen molar-refractivity contribution in [2.45, 2.75) is 20.4 Å². The van der Waals surface area contributed by atoms with E-state index in [1.165, 1.54) is 6.20 Å². The maximum Gasteiger partial charge on any atom is 0.263 e. The number of nitrogens with zero attached hydrogens (tertiary/aromatic N) is 4. The van der Waals surface area contributed by atoms with E-state index in [1.54, 1.807) is 35.2 Å². The molecule has 0 N–H and O–H groups in total. The van der Waals surface area contributed by atoms with Crippen LogP contribution in [-0.2, 0) is 6.54 Å². The molecule has 0 aliphatic carbocycles. The molecule has 6 nitrogen and oxygen atoms in total. The molecular weight excluding hydrogens is 316 g/mol. The van der Waals surface area contributed by atoms with Crippen molar-refractivity contribution in [1.82, 2.24) is 19.7 Å². The van der Waals surface area contributed by atoms with Gasteiger partial charge >= 0.3 is 0 Å². The van der Waals surface area contributed by atoms with Gasteiger partial charge in [-0.15, -0.1) is 0 Å². The van der Waals surface area contributed by atoms with Gasteiger partial charge in [0.2, 0.25) is 5.82 Å². The Labute approximate surface area is 137 Å². The summed E-state index contributed by atoms with van der Waals surface area (Å²) in [5, 5.41) is 4.38. The van der Waals surface area contributed by atoms with Crippen molar-refractivity contribution in [1.29, 1.82) is 0 Å². The molecule has 0 aliphatic heterocycles. The molecule has 0 saturated heterocycles. The average Bonchev–Trinajstić information content (AvgIpc) is 2.99. The van der Waals surface area contributed by atoms with Gasteiger partial charge < -0.3 is 9.09 Å². The van der Waals surface area contributed by atoms with E-state index < -0.39 is 0 Å². The summed E-state index contributed by atoms with van der Waals surface area (Å²) in [5.41, 5.74) is 0.855. The van der Waals surface area contributed by atoms with Crippen molar-refractivity contribution in [3.05, 3.63) is 52.2 Å². The second-order valence-electron chi connectivity index (χ2n) is 5.59. The van der Waals surface area contributed by atoms with E-state index in [1.807, 2.05) is 0 Å². The lowest BCUT2D eigenvalue weighted by atomic mass is 10.2. The standard InChI is InChI=1S/C16H15ClN4O2/c1-10(2)9-21-5-3-4-13(16(21)22)15-19-14(20-23-15)11-6-12(17)8-18-7-11/h3-8,10H,9H2,1-2H3. The molecule has 0 amide bonds. The molecule has 0 aromatic carbocycles. The summed E-state index contributed by atoms with van der Waals surface area (Å²) in [6, 6.07) is 5.15. The van der Waals surface area contributed by atoms with Crippen LogP contribution in [0.1, 0.15) is 13.8 Å². The minimum absolute atomic E-state index is 0.152. The molecule has 0 unspecified atom stereocenters. The summed E-state index contributed by atoms with van der Waals surface area (Å²) in [7, 11) is 0. The zero-order chi connectivity index (χ0) is 16.4. The molecule has 3 aromatic heterocycles. The van der Waals surface area contributed by atoms with Gasteiger partial charge in [-0.05, 0) is 24.1 Å². The summed E-state index contributed by atoms with van der Waals surface area (Å²) in [6.45, 7) is 4.73. The van der Waals surface area contributed by atoms with Gasteiger partial charge in [-0.3, -0.25) is 9.78 Å². The van der Waals surface area contributed by atoms with E-state index in [4.69, 9.17) is 16.1 Å². The van der Waals surface area contributed by atoms with Gasteiger partial charge in [-0.1, -0.05) is 30.6 Å². The fourth-order valence-electron chi connectivity index (χ4n) is 2.22. The van der Waals surface area contributed by atoms with Gasteiger partial charge in [0.15, 0.2) is 0 Å². The Morgan fingerprint density at radius 2 is 2.17 bits per heavy atom. The van der Waals surface area contributed by atoms with Crippen LogP contribution in [0.15, 0.2) is 46.1 Å². The summed E-state index contributed by atoms with van der Waals surface area (Å²) >= 11 is 5.91. The molecule has 0 atom stereocenters. The molecule has 23 heavy (non-hydrogen) atoms. The molecule has 0 spiro atoms. The molecular formula is C16H15ClN4O2. The van der Waals surface area contributed by atoms with Crippen LogP contribution < -0.4 is 5.56 Å². The van der Waals surface area contributed by atoms with E-state index in [2.05, 4.69) is 29.0 Å². The van der Waals surface area contributed by atoms with Gasteiger partial charge in [0.05, 0.1) is 5.02 Å². The van der Waals surface area contributed by atoms with Gasteiger partial charge in [-0.25, -0.2) is 0 Å². The monoisotopic (exact) mass is 330 g/mol. The van der Waals surface area contributed by atoms with Crippen LogP contribution in [0.4, 0.5) is 0 Å². The molecule has 3 rings (SSSR count). The third kappa shape index (κ3) is 3.32. The fourth-order valence-corrected chi connectivity index (χ4v) is 2.39. The number of pyridine rings is 2. The Morgan fingerprint density at radius 3 is 2.91 bits per heavy atom. The zero-order valence-electron chi connectivity index (χ0n) is 12.7. The van der Waals surface area contributed by atoms with Crippen LogP contribution in [0.5, 0.6) is 0 Å². The Balaban J connectivity index is 1.99. The first-order valence-corrected chi connectivity index (χ1v) is 7.57. The number of aromatic nitrogens is 4. The number of hydrogen-bond donors (Lipinski definition) is 0. The van der Waals surface area contributed by atoms with Crippen LogP contribution in [0.25, 0.3) is 22.8 Å². The van der Waals surface area contributed by atoms with Crippen molar-refractivity contribution in [3.63, 3.8) is 0 Å². The normalized spacial score (nSPS) is 11.1. The van der Waals surface area contributed by atoms with Crippen molar-refractivity contribution in [2.75, 3.05) is 0 Å². The van der Waals surface area contributed by atoms with Gasteiger partial charge in [0.25, 0.3) is 11.4 Å². The van der Waals surface area contributed by atoms with E-state index >= 15 is 0 Å².